The van der Waals surface area contributed by atoms with Gasteiger partial charge in [0, 0.05) is 32.1 Å². The third-order valence-electron chi connectivity index (χ3n) is 4.33. The van der Waals surface area contributed by atoms with Crippen LogP contribution >= 0.6 is 0 Å². The lowest BCUT2D eigenvalue weighted by Crippen LogP contribution is -2.41. The van der Waals surface area contributed by atoms with Crippen LogP contribution in [0.3, 0.4) is 0 Å². The van der Waals surface area contributed by atoms with E-state index in [0.717, 1.165) is 12.4 Å². The Morgan fingerprint density at radius 1 is 1.17 bits per heavy atom. The van der Waals surface area contributed by atoms with Crippen LogP contribution < -0.4 is 15.4 Å². The minimum Gasteiger partial charge on any atom is -0.489 e. The summed E-state index contributed by atoms with van der Waals surface area (Å²) in [6.07, 6.45) is 3.61. The maximum atomic E-state index is 13.3. The highest BCUT2D eigenvalue weighted by molar-refractivity contribution is 5.79. The van der Waals surface area contributed by atoms with E-state index in [0.29, 0.717) is 24.8 Å². The van der Waals surface area contributed by atoms with Gasteiger partial charge in [-0.1, -0.05) is 36.4 Å². The zero-order valence-electron chi connectivity index (χ0n) is 16.7. The second-order valence-electron chi connectivity index (χ2n) is 6.65. The van der Waals surface area contributed by atoms with Crippen molar-refractivity contribution in [2.45, 2.75) is 26.1 Å². The monoisotopic (exact) mass is 395 g/mol. The summed E-state index contributed by atoms with van der Waals surface area (Å²) in [4.78, 5) is 8.67. The van der Waals surface area contributed by atoms with Gasteiger partial charge in [-0.3, -0.25) is 4.99 Å². The first-order chi connectivity index (χ1) is 14.1. The van der Waals surface area contributed by atoms with Gasteiger partial charge < -0.3 is 19.9 Å². The third kappa shape index (κ3) is 6.34. The van der Waals surface area contributed by atoms with Gasteiger partial charge in [-0.15, -0.1) is 0 Å². The van der Waals surface area contributed by atoms with Gasteiger partial charge in [0.2, 0.25) is 0 Å². The fourth-order valence-electron chi connectivity index (χ4n) is 2.87. The maximum absolute atomic E-state index is 13.3. The summed E-state index contributed by atoms with van der Waals surface area (Å²) in [6.45, 7) is 3.74. The molecule has 1 unspecified atom stereocenters. The van der Waals surface area contributed by atoms with Crippen LogP contribution in [0.5, 0.6) is 5.75 Å². The predicted octanol–water partition coefficient (Wildman–Crippen LogP) is 3.20. The molecule has 7 heteroatoms. The Balaban J connectivity index is 1.48. The Kier molecular flexibility index (Phi) is 7.22. The van der Waals surface area contributed by atoms with Crippen LogP contribution in [-0.2, 0) is 13.1 Å². The van der Waals surface area contributed by atoms with Crippen LogP contribution in [0.15, 0.2) is 72.0 Å². The van der Waals surface area contributed by atoms with E-state index >= 15 is 0 Å². The Morgan fingerprint density at radius 2 is 2.00 bits per heavy atom. The molecule has 0 aliphatic rings. The molecular formula is C22H26FN5O. The standard InChI is InChI=1S/C22H26FN5O/c1-17(29-20-10-6-9-19(23)13-20)14-26-22(24-2)27-15-21-25-11-12-28(21)16-18-7-4-3-5-8-18/h3-13,17H,14-16H2,1-2H3,(H2,24,26,27). The molecule has 29 heavy (non-hydrogen) atoms. The van der Waals surface area contributed by atoms with E-state index in [-0.39, 0.29) is 11.9 Å². The first-order valence-corrected chi connectivity index (χ1v) is 9.54. The number of benzene rings is 2. The quantitative estimate of drug-likeness (QED) is 0.454. The summed E-state index contributed by atoms with van der Waals surface area (Å²) >= 11 is 0. The van der Waals surface area contributed by atoms with Gasteiger partial charge >= 0.3 is 0 Å². The van der Waals surface area contributed by atoms with Crippen molar-refractivity contribution in [2.75, 3.05) is 13.6 Å². The number of aromatic nitrogens is 2. The number of rotatable bonds is 8. The highest BCUT2D eigenvalue weighted by atomic mass is 19.1. The van der Waals surface area contributed by atoms with Crippen molar-refractivity contribution < 1.29 is 9.13 Å². The van der Waals surface area contributed by atoms with Gasteiger partial charge in [-0.25, -0.2) is 9.37 Å². The summed E-state index contributed by atoms with van der Waals surface area (Å²) in [5, 5.41) is 6.49. The molecule has 0 amide bonds. The van der Waals surface area contributed by atoms with Gasteiger partial charge in [0.05, 0.1) is 13.1 Å². The lowest BCUT2D eigenvalue weighted by atomic mass is 10.2. The molecule has 2 aromatic carbocycles. The van der Waals surface area contributed by atoms with E-state index in [4.69, 9.17) is 4.74 Å². The van der Waals surface area contributed by atoms with Crippen molar-refractivity contribution in [3.05, 3.63) is 84.2 Å². The molecule has 0 aliphatic carbocycles. The Labute approximate surface area is 170 Å². The third-order valence-corrected chi connectivity index (χ3v) is 4.33. The number of nitrogens with zero attached hydrogens (tertiary/aromatic N) is 3. The molecule has 0 radical (unpaired) electrons. The van der Waals surface area contributed by atoms with E-state index < -0.39 is 0 Å². The molecule has 3 rings (SSSR count). The summed E-state index contributed by atoms with van der Waals surface area (Å²) in [6, 6.07) is 16.4. The number of imidazole rings is 1. The smallest absolute Gasteiger partial charge is 0.191 e. The minimum absolute atomic E-state index is 0.157. The average Bonchev–Trinajstić information content (AvgIpc) is 3.16. The van der Waals surface area contributed by atoms with Gasteiger partial charge in [-0.2, -0.15) is 0 Å². The fourth-order valence-corrected chi connectivity index (χ4v) is 2.87. The zero-order valence-corrected chi connectivity index (χ0v) is 16.7. The normalized spacial score (nSPS) is 12.4. The predicted molar refractivity (Wildman–Crippen MR) is 112 cm³/mol. The molecule has 1 aromatic heterocycles. The number of hydrogen-bond acceptors (Lipinski definition) is 3. The maximum Gasteiger partial charge on any atom is 0.191 e. The molecule has 3 aromatic rings. The molecule has 152 valence electrons. The van der Waals surface area contributed by atoms with E-state index in [2.05, 4.69) is 37.3 Å². The summed E-state index contributed by atoms with van der Waals surface area (Å²) in [5.74, 6) is 1.76. The first kappa shape index (κ1) is 20.4. The molecular weight excluding hydrogens is 369 g/mol. The van der Waals surface area contributed by atoms with Crippen LogP contribution in [0, 0.1) is 5.82 Å². The zero-order chi connectivity index (χ0) is 20.5. The van der Waals surface area contributed by atoms with Gasteiger partial charge in [0.1, 0.15) is 23.5 Å². The molecule has 0 saturated carbocycles. The van der Waals surface area contributed by atoms with E-state index in [9.17, 15) is 4.39 Å². The average molecular weight is 395 g/mol. The molecule has 0 aliphatic heterocycles. The molecule has 0 saturated heterocycles. The van der Waals surface area contributed by atoms with Crippen molar-refractivity contribution in [1.82, 2.24) is 20.2 Å². The number of nitrogens with one attached hydrogen (secondary N) is 2. The minimum atomic E-state index is -0.314. The van der Waals surface area contributed by atoms with Crippen molar-refractivity contribution in [3.63, 3.8) is 0 Å². The van der Waals surface area contributed by atoms with Crippen molar-refractivity contribution in [1.29, 1.82) is 0 Å². The van der Waals surface area contributed by atoms with Crippen LogP contribution in [-0.4, -0.2) is 35.2 Å². The lowest BCUT2D eigenvalue weighted by molar-refractivity contribution is 0.223. The van der Waals surface area contributed by atoms with Crippen molar-refractivity contribution in [3.8, 4) is 5.75 Å². The van der Waals surface area contributed by atoms with Crippen LogP contribution in [0.4, 0.5) is 4.39 Å². The number of halogens is 1. The van der Waals surface area contributed by atoms with E-state index in [1.807, 2.05) is 31.3 Å². The fraction of sp³-hybridized carbons (Fsp3) is 0.273. The molecule has 6 nitrogen and oxygen atoms in total. The Hall–Kier alpha value is -3.35. The van der Waals surface area contributed by atoms with E-state index in [1.165, 1.54) is 17.7 Å². The SMILES string of the molecule is CN=C(NCc1nccn1Cc1ccccc1)NCC(C)Oc1cccc(F)c1. The van der Waals surface area contributed by atoms with Gasteiger partial charge in [0.25, 0.3) is 0 Å². The van der Waals surface area contributed by atoms with Gasteiger partial charge in [0.15, 0.2) is 5.96 Å². The summed E-state index contributed by atoms with van der Waals surface area (Å²) in [5.41, 5.74) is 1.22. The molecule has 1 atom stereocenters. The highest BCUT2D eigenvalue weighted by Crippen LogP contribution is 2.13. The number of hydrogen-bond donors (Lipinski definition) is 2. The number of aliphatic imine (C=N–C) groups is 1. The van der Waals surface area contributed by atoms with Crippen molar-refractivity contribution in [2.24, 2.45) is 4.99 Å². The van der Waals surface area contributed by atoms with Crippen molar-refractivity contribution >= 4 is 5.96 Å². The number of guanidine groups is 1. The molecule has 0 spiro atoms. The van der Waals surface area contributed by atoms with Crippen LogP contribution in [0.1, 0.15) is 18.3 Å². The Morgan fingerprint density at radius 3 is 2.76 bits per heavy atom. The van der Waals surface area contributed by atoms with Gasteiger partial charge in [-0.05, 0) is 24.6 Å². The summed E-state index contributed by atoms with van der Waals surface area (Å²) < 4.78 is 21.1. The van der Waals surface area contributed by atoms with Crippen LogP contribution in [0.25, 0.3) is 0 Å². The lowest BCUT2D eigenvalue weighted by Gasteiger charge is -2.18. The van der Waals surface area contributed by atoms with E-state index in [1.54, 1.807) is 25.4 Å². The molecule has 1 heterocycles. The molecule has 2 N–H and O–H groups in total. The molecule has 0 bridgehead atoms. The highest BCUT2D eigenvalue weighted by Gasteiger charge is 2.08. The topological polar surface area (TPSA) is 63.5 Å². The second-order valence-corrected chi connectivity index (χ2v) is 6.65. The first-order valence-electron chi connectivity index (χ1n) is 9.54. The largest absolute Gasteiger partial charge is 0.489 e. The number of ether oxygens (including phenoxy) is 1. The summed E-state index contributed by atoms with van der Waals surface area (Å²) in [7, 11) is 1.71. The Bertz CT molecular complexity index is 926. The van der Waals surface area contributed by atoms with Crippen LogP contribution in [0.2, 0.25) is 0 Å². The molecule has 0 fully saturated rings. The second kappa shape index (κ2) is 10.3.